The molecule has 2 aliphatic rings. The largest absolute Gasteiger partial charge is 0.508 e. The Morgan fingerprint density at radius 1 is 1.17 bits per heavy atom. The lowest BCUT2D eigenvalue weighted by molar-refractivity contribution is -0.121. The number of halogens is 1. The molecule has 0 bridgehead atoms. The molecule has 1 aliphatic carbocycles. The number of phenolic OH excluding ortho intramolecular Hbond substituents is 1. The number of carboxylic acid groups (broad SMARTS) is 1. The van der Waals surface area contributed by atoms with E-state index < -0.39 is 23.1 Å². The van der Waals surface area contributed by atoms with Crippen LogP contribution in [0.4, 0.5) is 10.1 Å². The zero-order valence-electron chi connectivity index (χ0n) is 12.6. The SMILES string of the molecule is O=C(O)c1cc(O)cc(F)c1NC(=O)C1CCN(C2CC2)CC1. The monoisotopic (exact) mass is 322 g/mol. The van der Waals surface area contributed by atoms with E-state index in [2.05, 4.69) is 10.2 Å². The van der Waals surface area contributed by atoms with Crippen LogP contribution in [-0.2, 0) is 4.79 Å². The van der Waals surface area contributed by atoms with Crippen LogP contribution in [0.3, 0.4) is 0 Å². The second-order valence-electron chi connectivity index (χ2n) is 6.19. The molecular formula is C16H19FN2O4. The van der Waals surface area contributed by atoms with Gasteiger partial charge in [-0.3, -0.25) is 4.79 Å². The summed E-state index contributed by atoms with van der Waals surface area (Å²) in [6.07, 6.45) is 3.81. The van der Waals surface area contributed by atoms with Crippen LogP contribution in [-0.4, -0.2) is 46.1 Å². The van der Waals surface area contributed by atoms with Crippen molar-refractivity contribution in [1.29, 1.82) is 0 Å². The standard InChI is InChI=1S/C16H19FN2O4/c17-13-8-11(20)7-12(16(22)23)14(13)18-15(21)9-3-5-19(6-4-9)10-1-2-10/h7-10,20H,1-6H2,(H,18,21)(H,22,23). The Bertz CT molecular complexity index is 637. The first-order valence-corrected chi connectivity index (χ1v) is 7.76. The molecule has 0 aromatic heterocycles. The number of hydrogen-bond donors (Lipinski definition) is 3. The number of piperidine rings is 1. The van der Waals surface area contributed by atoms with Crippen LogP contribution in [0.5, 0.6) is 5.75 Å². The van der Waals surface area contributed by atoms with Gasteiger partial charge < -0.3 is 20.4 Å². The number of nitrogens with one attached hydrogen (secondary N) is 1. The number of likely N-dealkylation sites (tertiary alicyclic amines) is 1. The van der Waals surface area contributed by atoms with Gasteiger partial charge in [0.05, 0.1) is 11.3 Å². The molecule has 2 fully saturated rings. The highest BCUT2D eigenvalue weighted by Gasteiger charge is 2.34. The van der Waals surface area contributed by atoms with Crippen LogP contribution in [0.1, 0.15) is 36.0 Å². The van der Waals surface area contributed by atoms with Gasteiger partial charge in [-0.2, -0.15) is 0 Å². The summed E-state index contributed by atoms with van der Waals surface area (Å²) in [4.78, 5) is 25.9. The zero-order chi connectivity index (χ0) is 16.6. The van der Waals surface area contributed by atoms with Crippen molar-refractivity contribution in [2.75, 3.05) is 18.4 Å². The van der Waals surface area contributed by atoms with Gasteiger partial charge in [0.1, 0.15) is 5.75 Å². The van der Waals surface area contributed by atoms with Crippen molar-refractivity contribution in [3.63, 3.8) is 0 Å². The summed E-state index contributed by atoms with van der Waals surface area (Å²) in [7, 11) is 0. The van der Waals surface area contributed by atoms with Crippen LogP contribution < -0.4 is 5.32 Å². The van der Waals surface area contributed by atoms with Gasteiger partial charge in [-0.1, -0.05) is 0 Å². The summed E-state index contributed by atoms with van der Waals surface area (Å²) in [6, 6.07) is 2.38. The molecule has 6 nitrogen and oxygen atoms in total. The van der Waals surface area contributed by atoms with Gasteiger partial charge in [0, 0.05) is 18.0 Å². The zero-order valence-corrected chi connectivity index (χ0v) is 12.6. The number of aromatic carboxylic acids is 1. The molecule has 3 rings (SSSR count). The fourth-order valence-corrected chi connectivity index (χ4v) is 3.08. The molecule has 1 heterocycles. The van der Waals surface area contributed by atoms with E-state index in [0.29, 0.717) is 18.9 Å². The number of carboxylic acids is 1. The van der Waals surface area contributed by atoms with Crippen molar-refractivity contribution in [2.24, 2.45) is 5.92 Å². The number of aromatic hydroxyl groups is 1. The molecule has 1 amide bonds. The first-order valence-electron chi connectivity index (χ1n) is 7.76. The van der Waals surface area contributed by atoms with E-state index in [1.165, 1.54) is 12.8 Å². The molecule has 0 atom stereocenters. The quantitative estimate of drug-likeness (QED) is 0.738. The van der Waals surface area contributed by atoms with Crippen molar-refractivity contribution in [3.05, 3.63) is 23.5 Å². The maximum atomic E-state index is 13.9. The van der Waals surface area contributed by atoms with Crippen molar-refractivity contribution in [1.82, 2.24) is 4.90 Å². The number of carbonyl (C=O) groups is 2. The van der Waals surface area contributed by atoms with Gasteiger partial charge in [-0.25, -0.2) is 9.18 Å². The van der Waals surface area contributed by atoms with Crippen LogP contribution in [0, 0.1) is 11.7 Å². The fraction of sp³-hybridized carbons (Fsp3) is 0.500. The highest BCUT2D eigenvalue weighted by Crippen LogP contribution is 2.32. The molecule has 1 aromatic rings. The van der Waals surface area contributed by atoms with E-state index in [0.717, 1.165) is 25.2 Å². The number of benzene rings is 1. The Hall–Kier alpha value is -2.15. The smallest absolute Gasteiger partial charge is 0.338 e. The summed E-state index contributed by atoms with van der Waals surface area (Å²) < 4.78 is 13.9. The lowest BCUT2D eigenvalue weighted by atomic mass is 9.95. The van der Waals surface area contributed by atoms with Gasteiger partial charge in [0.15, 0.2) is 5.82 Å². The Labute approximate surface area is 132 Å². The molecule has 1 saturated carbocycles. The lowest BCUT2D eigenvalue weighted by Gasteiger charge is -2.31. The molecule has 0 spiro atoms. The van der Waals surface area contributed by atoms with E-state index in [1.54, 1.807) is 0 Å². The second-order valence-corrected chi connectivity index (χ2v) is 6.19. The average Bonchev–Trinajstić information content (AvgIpc) is 3.34. The molecule has 3 N–H and O–H groups in total. The molecule has 1 saturated heterocycles. The normalized spacial score (nSPS) is 19.5. The van der Waals surface area contributed by atoms with Crippen molar-refractivity contribution in [3.8, 4) is 5.75 Å². The highest BCUT2D eigenvalue weighted by molar-refractivity contribution is 6.01. The molecule has 0 radical (unpaired) electrons. The molecule has 1 aliphatic heterocycles. The third-order valence-corrected chi connectivity index (χ3v) is 4.52. The maximum absolute atomic E-state index is 13.9. The van der Waals surface area contributed by atoms with Crippen LogP contribution in [0.15, 0.2) is 12.1 Å². The number of anilines is 1. The molecule has 124 valence electrons. The summed E-state index contributed by atoms with van der Waals surface area (Å²) in [5.41, 5.74) is -0.837. The van der Waals surface area contributed by atoms with Crippen LogP contribution in [0.2, 0.25) is 0 Å². The minimum atomic E-state index is -1.40. The Balaban J connectivity index is 1.69. The first kappa shape index (κ1) is 15.7. The number of carbonyl (C=O) groups excluding carboxylic acids is 1. The van der Waals surface area contributed by atoms with Gasteiger partial charge in [-0.15, -0.1) is 0 Å². The number of phenols is 1. The lowest BCUT2D eigenvalue weighted by Crippen LogP contribution is -2.39. The van der Waals surface area contributed by atoms with E-state index >= 15 is 0 Å². The van der Waals surface area contributed by atoms with Gasteiger partial charge in [0.25, 0.3) is 0 Å². The van der Waals surface area contributed by atoms with Gasteiger partial charge >= 0.3 is 5.97 Å². The fourth-order valence-electron chi connectivity index (χ4n) is 3.08. The summed E-state index contributed by atoms with van der Waals surface area (Å²) in [5, 5.41) is 20.8. The topological polar surface area (TPSA) is 89.9 Å². The Morgan fingerprint density at radius 2 is 1.83 bits per heavy atom. The van der Waals surface area contributed by atoms with Crippen LogP contribution >= 0.6 is 0 Å². The summed E-state index contributed by atoms with van der Waals surface area (Å²) in [6.45, 7) is 1.68. The third-order valence-electron chi connectivity index (χ3n) is 4.52. The summed E-state index contributed by atoms with van der Waals surface area (Å²) >= 11 is 0. The van der Waals surface area contributed by atoms with Gasteiger partial charge in [0.2, 0.25) is 5.91 Å². The number of hydrogen-bond acceptors (Lipinski definition) is 4. The highest BCUT2D eigenvalue weighted by atomic mass is 19.1. The predicted octanol–water partition coefficient (Wildman–Crippen LogP) is 2.04. The van der Waals surface area contributed by atoms with Crippen LogP contribution in [0.25, 0.3) is 0 Å². The van der Waals surface area contributed by atoms with Crippen molar-refractivity contribution >= 4 is 17.6 Å². The Morgan fingerprint density at radius 3 is 2.39 bits per heavy atom. The molecule has 7 heteroatoms. The van der Waals surface area contributed by atoms with E-state index in [1.807, 2.05) is 0 Å². The number of rotatable bonds is 4. The minimum absolute atomic E-state index is 0.250. The maximum Gasteiger partial charge on any atom is 0.338 e. The Kier molecular flexibility index (Phi) is 4.21. The van der Waals surface area contributed by atoms with Crippen molar-refractivity contribution in [2.45, 2.75) is 31.7 Å². The van der Waals surface area contributed by atoms with Crippen molar-refractivity contribution < 1.29 is 24.2 Å². The summed E-state index contributed by atoms with van der Waals surface area (Å²) in [5.74, 6) is -3.46. The van der Waals surface area contributed by atoms with E-state index in [4.69, 9.17) is 5.11 Å². The minimum Gasteiger partial charge on any atom is -0.508 e. The first-order chi connectivity index (χ1) is 11.0. The number of amides is 1. The predicted molar refractivity (Wildman–Crippen MR) is 81.0 cm³/mol. The van der Waals surface area contributed by atoms with Gasteiger partial charge in [-0.05, 0) is 44.8 Å². The molecule has 0 unspecified atom stereocenters. The second kappa shape index (κ2) is 6.16. The average molecular weight is 322 g/mol. The number of nitrogens with zero attached hydrogens (tertiary/aromatic N) is 1. The molecule has 23 heavy (non-hydrogen) atoms. The van der Waals surface area contributed by atoms with E-state index in [-0.39, 0.29) is 17.5 Å². The molecular weight excluding hydrogens is 303 g/mol. The third kappa shape index (κ3) is 3.44. The van der Waals surface area contributed by atoms with E-state index in [9.17, 15) is 19.1 Å². The molecule has 1 aromatic carbocycles.